The SMILES string of the molecule is O=[N+]([O-])c1ccc(/C=N/Nc2cc(-c3ccccc3)nc3ccccc23)o1. The number of furan rings is 1. The van der Waals surface area contributed by atoms with Crippen LogP contribution in [-0.2, 0) is 0 Å². The van der Waals surface area contributed by atoms with Crippen LogP contribution in [0.5, 0.6) is 0 Å². The second kappa shape index (κ2) is 7.09. The molecule has 0 atom stereocenters. The van der Waals surface area contributed by atoms with Crippen LogP contribution in [0.2, 0.25) is 0 Å². The van der Waals surface area contributed by atoms with E-state index in [1.807, 2.05) is 60.7 Å². The Labute approximate surface area is 154 Å². The average molecular weight is 358 g/mol. The van der Waals surface area contributed by atoms with E-state index in [-0.39, 0.29) is 11.6 Å². The summed E-state index contributed by atoms with van der Waals surface area (Å²) in [4.78, 5) is 14.8. The highest BCUT2D eigenvalue weighted by Crippen LogP contribution is 2.28. The molecule has 7 nitrogen and oxygen atoms in total. The monoisotopic (exact) mass is 358 g/mol. The van der Waals surface area contributed by atoms with Crippen LogP contribution in [0.15, 0.2) is 82.3 Å². The van der Waals surface area contributed by atoms with Crippen LogP contribution in [0, 0.1) is 10.1 Å². The Kier molecular flexibility index (Phi) is 4.32. The Hall–Kier alpha value is -4.00. The average Bonchev–Trinajstić information content (AvgIpc) is 3.18. The molecule has 2 heterocycles. The van der Waals surface area contributed by atoms with Crippen molar-refractivity contribution in [2.45, 2.75) is 0 Å². The van der Waals surface area contributed by atoms with Gasteiger partial charge in [0, 0.05) is 10.9 Å². The number of aromatic nitrogens is 1. The molecule has 0 saturated carbocycles. The van der Waals surface area contributed by atoms with Gasteiger partial charge in [-0.3, -0.25) is 15.5 Å². The lowest BCUT2D eigenvalue weighted by atomic mass is 10.1. The van der Waals surface area contributed by atoms with Crippen LogP contribution in [0.25, 0.3) is 22.2 Å². The number of fused-ring (bicyclic) bond motifs is 1. The van der Waals surface area contributed by atoms with Crippen LogP contribution in [0.3, 0.4) is 0 Å². The van der Waals surface area contributed by atoms with Crippen molar-refractivity contribution in [3.63, 3.8) is 0 Å². The number of nitro groups is 1. The third-order valence-corrected chi connectivity index (χ3v) is 3.96. The van der Waals surface area contributed by atoms with Gasteiger partial charge in [0.15, 0.2) is 5.76 Å². The maximum atomic E-state index is 10.7. The van der Waals surface area contributed by atoms with E-state index in [0.29, 0.717) is 0 Å². The van der Waals surface area contributed by atoms with E-state index >= 15 is 0 Å². The van der Waals surface area contributed by atoms with Crippen molar-refractivity contribution in [1.82, 2.24) is 4.98 Å². The number of hydrazone groups is 1. The molecule has 2 aromatic heterocycles. The summed E-state index contributed by atoms with van der Waals surface area (Å²) < 4.78 is 5.06. The highest BCUT2D eigenvalue weighted by atomic mass is 16.6. The van der Waals surface area contributed by atoms with E-state index in [2.05, 4.69) is 10.5 Å². The summed E-state index contributed by atoms with van der Waals surface area (Å²) in [5.41, 5.74) is 6.41. The van der Waals surface area contributed by atoms with Gasteiger partial charge in [0.05, 0.1) is 29.2 Å². The van der Waals surface area contributed by atoms with Crippen molar-refractivity contribution in [3.05, 3.63) is 88.7 Å². The van der Waals surface area contributed by atoms with Crippen molar-refractivity contribution in [2.75, 3.05) is 5.43 Å². The van der Waals surface area contributed by atoms with Gasteiger partial charge in [-0.25, -0.2) is 4.98 Å². The lowest BCUT2D eigenvalue weighted by Gasteiger charge is -2.09. The minimum Gasteiger partial charge on any atom is -0.400 e. The number of pyridine rings is 1. The highest BCUT2D eigenvalue weighted by molar-refractivity contribution is 5.94. The Bertz CT molecular complexity index is 1140. The summed E-state index contributed by atoms with van der Waals surface area (Å²) in [5, 5.41) is 15.7. The lowest BCUT2D eigenvalue weighted by molar-refractivity contribution is -0.402. The fourth-order valence-electron chi connectivity index (χ4n) is 2.70. The maximum absolute atomic E-state index is 10.7. The van der Waals surface area contributed by atoms with Gasteiger partial charge < -0.3 is 4.42 Å². The van der Waals surface area contributed by atoms with E-state index < -0.39 is 4.92 Å². The van der Waals surface area contributed by atoms with Crippen molar-refractivity contribution in [1.29, 1.82) is 0 Å². The van der Waals surface area contributed by atoms with Gasteiger partial charge in [-0.2, -0.15) is 5.10 Å². The molecule has 0 radical (unpaired) electrons. The van der Waals surface area contributed by atoms with E-state index in [9.17, 15) is 10.1 Å². The van der Waals surface area contributed by atoms with Crippen molar-refractivity contribution in [2.24, 2.45) is 5.10 Å². The van der Waals surface area contributed by atoms with Gasteiger partial charge in [0.2, 0.25) is 0 Å². The number of nitrogens with one attached hydrogen (secondary N) is 1. The molecule has 0 aliphatic heterocycles. The Morgan fingerprint density at radius 2 is 1.81 bits per heavy atom. The zero-order valence-corrected chi connectivity index (χ0v) is 14.1. The van der Waals surface area contributed by atoms with E-state index in [0.717, 1.165) is 27.8 Å². The molecule has 0 aliphatic carbocycles. The molecule has 27 heavy (non-hydrogen) atoms. The predicted octanol–water partition coefficient (Wildman–Crippen LogP) is 4.85. The number of benzene rings is 2. The summed E-state index contributed by atoms with van der Waals surface area (Å²) in [6.45, 7) is 0. The van der Waals surface area contributed by atoms with Crippen LogP contribution >= 0.6 is 0 Å². The summed E-state index contributed by atoms with van der Waals surface area (Å²) in [6.07, 6.45) is 1.39. The Morgan fingerprint density at radius 1 is 1.04 bits per heavy atom. The smallest absolute Gasteiger partial charge is 0.400 e. The molecule has 132 valence electrons. The summed E-state index contributed by atoms with van der Waals surface area (Å²) >= 11 is 0. The van der Waals surface area contributed by atoms with E-state index in [1.165, 1.54) is 18.3 Å². The molecular weight excluding hydrogens is 344 g/mol. The van der Waals surface area contributed by atoms with Crippen molar-refractivity contribution in [3.8, 4) is 11.3 Å². The number of hydrogen-bond acceptors (Lipinski definition) is 6. The van der Waals surface area contributed by atoms with Gasteiger partial charge in [-0.1, -0.05) is 48.5 Å². The van der Waals surface area contributed by atoms with Crippen LogP contribution < -0.4 is 5.43 Å². The third-order valence-electron chi connectivity index (χ3n) is 3.96. The number of para-hydroxylation sites is 1. The summed E-state index contributed by atoms with van der Waals surface area (Å²) in [7, 11) is 0. The van der Waals surface area contributed by atoms with Crippen LogP contribution in [0.1, 0.15) is 5.76 Å². The van der Waals surface area contributed by atoms with Gasteiger partial charge in [-0.15, -0.1) is 0 Å². The zero-order valence-electron chi connectivity index (χ0n) is 14.1. The van der Waals surface area contributed by atoms with E-state index in [4.69, 9.17) is 9.40 Å². The van der Waals surface area contributed by atoms with Crippen molar-refractivity contribution >= 4 is 28.7 Å². The first kappa shape index (κ1) is 16.5. The topological polar surface area (TPSA) is 93.6 Å². The fraction of sp³-hybridized carbons (Fsp3) is 0. The second-order valence-corrected chi connectivity index (χ2v) is 5.74. The van der Waals surface area contributed by atoms with E-state index in [1.54, 1.807) is 0 Å². The first-order chi connectivity index (χ1) is 13.2. The molecule has 2 aromatic carbocycles. The molecule has 7 heteroatoms. The fourth-order valence-corrected chi connectivity index (χ4v) is 2.70. The van der Waals surface area contributed by atoms with Gasteiger partial charge in [0.25, 0.3) is 0 Å². The summed E-state index contributed by atoms with van der Waals surface area (Å²) in [5.74, 6) is -0.0342. The molecule has 0 saturated heterocycles. The minimum absolute atomic E-state index is 0.288. The third kappa shape index (κ3) is 3.52. The maximum Gasteiger partial charge on any atom is 0.433 e. The predicted molar refractivity (Wildman–Crippen MR) is 104 cm³/mol. The largest absolute Gasteiger partial charge is 0.433 e. The highest BCUT2D eigenvalue weighted by Gasteiger charge is 2.10. The number of nitrogens with zero attached hydrogens (tertiary/aromatic N) is 3. The molecule has 4 aromatic rings. The Morgan fingerprint density at radius 3 is 2.59 bits per heavy atom. The second-order valence-electron chi connectivity index (χ2n) is 5.74. The molecule has 1 N–H and O–H groups in total. The number of rotatable bonds is 5. The zero-order chi connectivity index (χ0) is 18.6. The first-order valence-electron chi connectivity index (χ1n) is 8.19. The molecular formula is C20H14N4O3. The molecule has 0 aliphatic rings. The molecule has 0 bridgehead atoms. The molecule has 4 rings (SSSR count). The molecule has 0 amide bonds. The minimum atomic E-state index is -0.590. The first-order valence-corrected chi connectivity index (χ1v) is 8.19. The summed E-state index contributed by atoms with van der Waals surface area (Å²) in [6, 6.07) is 22.3. The van der Waals surface area contributed by atoms with Gasteiger partial charge in [0.1, 0.15) is 4.92 Å². The van der Waals surface area contributed by atoms with Gasteiger partial charge >= 0.3 is 5.88 Å². The number of hydrogen-bond donors (Lipinski definition) is 1. The van der Waals surface area contributed by atoms with Crippen molar-refractivity contribution < 1.29 is 9.34 Å². The molecule has 0 fully saturated rings. The molecule has 0 spiro atoms. The Balaban J connectivity index is 1.67. The standard InChI is InChI=1S/C20H14N4O3/c25-24(26)20-11-10-15(27-20)13-21-23-19-12-18(14-6-2-1-3-7-14)22-17-9-5-4-8-16(17)19/h1-13H,(H,22,23)/b21-13+. The van der Waals surface area contributed by atoms with Crippen LogP contribution in [-0.4, -0.2) is 16.1 Å². The quantitative estimate of drug-likeness (QED) is 0.313. The van der Waals surface area contributed by atoms with Crippen LogP contribution in [0.4, 0.5) is 11.6 Å². The number of anilines is 1. The normalized spacial score (nSPS) is 11.1. The lowest BCUT2D eigenvalue weighted by Crippen LogP contribution is -1.94. The van der Waals surface area contributed by atoms with Gasteiger partial charge in [-0.05, 0) is 18.2 Å². The molecule has 0 unspecified atom stereocenters.